The van der Waals surface area contributed by atoms with Crippen molar-refractivity contribution in [1.29, 1.82) is 0 Å². The van der Waals surface area contributed by atoms with Crippen molar-refractivity contribution < 1.29 is 29.0 Å². The first-order chi connectivity index (χ1) is 19.3. The monoisotopic (exact) mass is 575 g/mol. The molecule has 3 atom stereocenters. The number of thiazole rings is 1. The lowest BCUT2D eigenvalue weighted by Gasteiger charge is -2.30. The number of aromatic amines is 1. The number of anilines is 1. The van der Waals surface area contributed by atoms with Gasteiger partial charge in [-0.05, 0) is 17.5 Å². The number of carbonyl (C=O) groups excluding carboxylic acids is 3. The molecule has 3 N–H and O–H groups in total. The summed E-state index contributed by atoms with van der Waals surface area (Å²) in [5.74, 6) is -4.30. The predicted octanol–water partition coefficient (Wildman–Crippen LogP) is 3.28. The molecular formula is C28H21N3O7S2. The number of para-hydroxylation sites is 1. The smallest absolute Gasteiger partial charge is 0.323 e. The van der Waals surface area contributed by atoms with Crippen molar-refractivity contribution >= 4 is 63.2 Å². The maximum atomic E-state index is 13.4. The minimum atomic E-state index is -1.30. The van der Waals surface area contributed by atoms with Crippen LogP contribution in [0.2, 0.25) is 0 Å². The molecular weight excluding hydrogens is 554 g/mol. The fourth-order valence-corrected chi connectivity index (χ4v) is 7.76. The van der Waals surface area contributed by atoms with Gasteiger partial charge in [0.05, 0.1) is 10.9 Å². The van der Waals surface area contributed by atoms with Crippen molar-refractivity contribution in [3.8, 4) is 5.75 Å². The Morgan fingerprint density at radius 2 is 1.73 bits per heavy atom. The maximum absolute atomic E-state index is 13.4. The van der Waals surface area contributed by atoms with Gasteiger partial charge < -0.3 is 20.1 Å². The molecule has 6 rings (SSSR count). The van der Waals surface area contributed by atoms with Gasteiger partial charge in [0.1, 0.15) is 17.5 Å². The van der Waals surface area contributed by atoms with Crippen molar-refractivity contribution in [2.24, 2.45) is 5.92 Å². The molecule has 0 saturated carbocycles. The van der Waals surface area contributed by atoms with Gasteiger partial charge in [-0.3, -0.25) is 28.9 Å². The Balaban J connectivity index is 1.30. The van der Waals surface area contributed by atoms with Crippen LogP contribution in [-0.2, 0) is 19.2 Å². The van der Waals surface area contributed by atoms with E-state index in [2.05, 4.69) is 10.3 Å². The second-order valence-electron chi connectivity index (χ2n) is 9.31. The normalized spacial score (nSPS) is 19.8. The van der Waals surface area contributed by atoms with Crippen LogP contribution in [0, 0.1) is 5.92 Å². The van der Waals surface area contributed by atoms with Crippen molar-refractivity contribution in [1.82, 2.24) is 9.88 Å². The molecule has 1 aromatic heterocycles. The van der Waals surface area contributed by atoms with E-state index in [0.717, 1.165) is 38.8 Å². The van der Waals surface area contributed by atoms with Gasteiger partial charge in [-0.15, -0.1) is 0 Å². The summed E-state index contributed by atoms with van der Waals surface area (Å²) in [4.78, 5) is 66.8. The summed E-state index contributed by atoms with van der Waals surface area (Å²) in [7, 11) is 0. The third kappa shape index (κ3) is 4.54. The number of nitrogens with zero attached hydrogens (tertiary/aromatic N) is 1. The molecule has 2 aliphatic heterocycles. The molecule has 40 heavy (non-hydrogen) atoms. The number of hydrogen-bond acceptors (Lipinski definition) is 8. The van der Waals surface area contributed by atoms with Gasteiger partial charge in [-0.1, -0.05) is 77.7 Å². The van der Waals surface area contributed by atoms with E-state index in [-0.39, 0.29) is 11.5 Å². The molecule has 12 heteroatoms. The summed E-state index contributed by atoms with van der Waals surface area (Å²) in [5, 5.41) is 13.6. The predicted molar refractivity (Wildman–Crippen MR) is 149 cm³/mol. The van der Waals surface area contributed by atoms with Crippen LogP contribution in [0.5, 0.6) is 5.75 Å². The molecule has 10 nitrogen and oxygen atoms in total. The van der Waals surface area contributed by atoms with E-state index in [1.54, 1.807) is 30.3 Å². The van der Waals surface area contributed by atoms with Crippen LogP contribution < -0.4 is 14.9 Å². The summed E-state index contributed by atoms with van der Waals surface area (Å²) in [6.07, 6.45) is 0. The van der Waals surface area contributed by atoms with E-state index >= 15 is 0 Å². The van der Waals surface area contributed by atoms with Gasteiger partial charge >= 0.3 is 10.8 Å². The number of rotatable bonds is 7. The fourth-order valence-electron chi connectivity index (χ4n) is 5.23. The number of benzene rings is 3. The number of amides is 3. The second-order valence-corrected chi connectivity index (χ2v) is 11.5. The van der Waals surface area contributed by atoms with Crippen molar-refractivity contribution in [2.45, 2.75) is 16.2 Å². The van der Waals surface area contributed by atoms with Gasteiger partial charge in [0.15, 0.2) is 6.61 Å². The molecule has 0 radical (unpaired) electrons. The molecule has 0 aliphatic carbocycles. The van der Waals surface area contributed by atoms with Gasteiger partial charge in [0.25, 0.3) is 5.91 Å². The van der Waals surface area contributed by atoms with Crippen molar-refractivity contribution in [3.63, 3.8) is 0 Å². The Labute approximate surface area is 235 Å². The average molecular weight is 576 g/mol. The number of aromatic nitrogens is 1. The number of likely N-dealkylation sites (tertiary alicyclic amines) is 1. The zero-order valence-corrected chi connectivity index (χ0v) is 22.3. The van der Waals surface area contributed by atoms with Crippen LogP contribution in [0.3, 0.4) is 0 Å². The summed E-state index contributed by atoms with van der Waals surface area (Å²) in [6, 6.07) is 20.1. The lowest BCUT2D eigenvalue weighted by molar-refractivity contribution is -0.149. The average Bonchev–Trinajstić information content (AvgIpc) is 3.42. The zero-order chi connectivity index (χ0) is 28.0. The highest BCUT2D eigenvalue weighted by atomic mass is 32.2. The molecule has 3 heterocycles. The number of fused-ring (bicyclic) bond motifs is 3. The number of carboxylic acid groups (broad SMARTS) is 1. The quantitative estimate of drug-likeness (QED) is 0.285. The van der Waals surface area contributed by atoms with E-state index in [4.69, 9.17) is 4.74 Å². The summed E-state index contributed by atoms with van der Waals surface area (Å²) < 4.78 is 5.95. The number of hydrogen-bond donors (Lipinski definition) is 3. The minimum absolute atomic E-state index is 0.315. The second kappa shape index (κ2) is 10.3. The molecule has 3 aromatic carbocycles. The van der Waals surface area contributed by atoms with Crippen molar-refractivity contribution in [3.05, 3.63) is 86.8 Å². The van der Waals surface area contributed by atoms with E-state index in [0.29, 0.717) is 26.9 Å². The van der Waals surface area contributed by atoms with Crippen LogP contribution in [0.4, 0.5) is 5.69 Å². The van der Waals surface area contributed by atoms with Crippen LogP contribution in [0.15, 0.2) is 76.6 Å². The number of imide groups is 1. The lowest BCUT2D eigenvalue weighted by atomic mass is 9.82. The Kier molecular flexibility index (Phi) is 6.64. The van der Waals surface area contributed by atoms with E-state index in [1.807, 2.05) is 36.4 Å². The van der Waals surface area contributed by atoms with Crippen LogP contribution >= 0.6 is 23.1 Å². The molecule has 1 saturated heterocycles. The zero-order valence-electron chi connectivity index (χ0n) is 20.7. The van der Waals surface area contributed by atoms with Crippen LogP contribution in [-0.4, -0.2) is 57.1 Å². The van der Waals surface area contributed by atoms with Crippen LogP contribution in [0.25, 0.3) is 10.8 Å². The number of carboxylic acids is 1. The molecule has 1 fully saturated rings. The maximum Gasteiger partial charge on any atom is 0.323 e. The first-order valence-electron chi connectivity index (χ1n) is 12.3. The van der Waals surface area contributed by atoms with Crippen LogP contribution in [0.1, 0.15) is 16.4 Å². The summed E-state index contributed by atoms with van der Waals surface area (Å²) >= 11 is 1.99. The van der Waals surface area contributed by atoms with Gasteiger partial charge in [0, 0.05) is 27.4 Å². The van der Waals surface area contributed by atoms with E-state index < -0.39 is 47.3 Å². The van der Waals surface area contributed by atoms with Gasteiger partial charge in [-0.25, -0.2) is 0 Å². The standard InChI is InChI=1S/C28H21N3O7S2/c32-19(29-17-10-5-7-14-6-1-2-8-15(14)17)13-38-18-11-4-3-9-16(18)21-22-24(39-25-23(21)40-28(37)30-25)27(36)31(26(22)35)12-20(33)34/h1-11,21-22,24H,12-13H2,(H,29,32)(H,30,37)(H,33,34)/t21-,22?,24?/m0/s1. The van der Waals surface area contributed by atoms with E-state index in [1.165, 1.54) is 0 Å². The topological polar surface area (TPSA) is 146 Å². The number of thioether (sulfide) groups is 1. The summed E-state index contributed by atoms with van der Waals surface area (Å²) in [6.45, 7) is -1.07. The number of ether oxygens (including phenoxy) is 1. The minimum Gasteiger partial charge on any atom is -0.483 e. The third-order valence-corrected chi connectivity index (χ3v) is 9.29. The Morgan fingerprint density at radius 1 is 0.975 bits per heavy atom. The third-order valence-electron chi connectivity index (χ3n) is 6.89. The number of carbonyl (C=O) groups is 4. The van der Waals surface area contributed by atoms with E-state index in [9.17, 15) is 29.1 Å². The van der Waals surface area contributed by atoms with Gasteiger partial charge in [-0.2, -0.15) is 0 Å². The number of H-pyrrole nitrogens is 1. The largest absolute Gasteiger partial charge is 0.483 e. The molecule has 2 unspecified atom stereocenters. The molecule has 4 aromatic rings. The van der Waals surface area contributed by atoms with Crippen molar-refractivity contribution in [2.75, 3.05) is 18.5 Å². The molecule has 3 amide bonds. The molecule has 202 valence electrons. The molecule has 2 aliphatic rings. The Morgan fingerprint density at radius 3 is 2.55 bits per heavy atom. The summed E-state index contributed by atoms with van der Waals surface area (Å²) in [5.41, 5.74) is 1.16. The Bertz CT molecular complexity index is 1740. The highest BCUT2D eigenvalue weighted by molar-refractivity contribution is 8.00. The first-order valence-corrected chi connectivity index (χ1v) is 14.0. The SMILES string of the molecule is O=C(O)CN1C(=O)C2Sc3[nH]c(=O)sc3[C@@H](c3ccccc3OCC(=O)Nc3cccc4ccccc34)C2C1=O. The highest BCUT2D eigenvalue weighted by Crippen LogP contribution is 2.53. The molecule has 0 spiro atoms. The Hall–Kier alpha value is -4.42. The van der Waals surface area contributed by atoms with Gasteiger partial charge in [0.2, 0.25) is 11.8 Å². The number of nitrogens with one attached hydrogen (secondary N) is 2. The highest BCUT2D eigenvalue weighted by Gasteiger charge is 2.56. The lowest BCUT2D eigenvalue weighted by Crippen LogP contribution is -2.36. The first kappa shape index (κ1) is 25.8. The number of aliphatic carboxylic acids is 1. The fraction of sp³-hybridized carbons (Fsp3) is 0.179. The molecule has 0 bridgehead atoms.